The molecule has 0 radical (unpaired) electrons. The number of esters is 4. The molecule has 0 saturated heterocycles. The summed E-state index contributed by atoms with van der Waals surface area (Å²) < 4.78 is 27.4. The average Bonchev–Trinajstić information content (AvgIpc) is 2.96. The van der Waals surface area contributed by atoms with Crippen LogP contribution in [-0.2, 0) is 19.2 Å². The predicted octanol–water partition coefficient (Wildman–Crippen LogP) is 6.57. The van der Waals surface area contributed by atoms with Crippen molar-refractivity contribution in [3.63, 3.8) is 0 Å². The number of hydrogen-bond acceptors (Lipinski definition) is 9. The van der Waals surface area contributed by atoms with Gasteiger partial charge < -0.3 is 23.7 Å². The van der Waals surface area contributed by atoms with E-state index in [0.717, 1.165) is 6.08 Å². The van der Waals surface area contributed by atoms with Crippen molar-refractivity contribution in [1.29, 1.82) is 0 Å². The molecule has 9 heteroatoms. The zero-order chi connectivity index (χ0) is 31.8. The van der Waals surface area contributed by atoms with Crippen molar-refractivity contribution in [3.05, 3.63) is 104 Å². The van der Waals surface area contributed by atoms with Gasteiger partial charge in [0.05, 0.1) is 12.7 Å². The Hall–Kier alpha value is -5.70. The van der Waals surface area contributed by atoms with E-state index in [1.807, 2.05) is 0 Å². The lowest BCUT2D eigenvalue weighted by Gasteiger charge is -2.18. The van der Waals surface area contributed by atoms with Gasteiger partial charge in [-0.05, 0) is 50.1 Å². The zero-order valence-electron chi connectivity index (χ0n) is 24.3. The lowest BCUT2D eigenvalue weighted by atomic mass is 9.97. The van der Waals surface area contributed by atoms with E-state index in [-0.39, 0.29) is 45.3 Å². The minimum atomic E-state index is -0.796. The summed E-state index contributed by atoms with van der Waals surface area (Å²) in [6.07, 6.45) is 1.01. The summed E-state index contributed by atoms with van der Waals surface area (Å²) in [6, 6.07) is 14.4. The first-order valence-corrected chi connectivity index (χ1v) is 12.8. The lowest BCUT2D eigenvalue weighted by molar-refractivity contribution is -0.130. The second-order valence-corrected chi connectivity index (χ2v) is 9.37. The van der Waals surface area contributed by atoms with Crippen LogP contribution in [0.25, 0.3) is 22.3 Å². The molecule has 9 nitrogen and oxygen atoms in total. The van der Waals surface area contributed by atoms with Gasteiger partial charge in [-0.25, -0.2) is 19.2 Å². The molecule has 0 fully saturated rings. The topological polar surface area (TPSA) is 114 Å². The molecular formula is C34H30O9. The Labute approximate surface area is 249 Å². The summed E-state index contributed by atoms with van der Waals surface area (Å²) in [6.45, 7) is 18.6. The molecular weight excluding hydrogens is 552 g/mol. The van der Waals surface area contributed by atoms with Crippen molar-refractivity contribution in [2.75, 3.05) is 7.11 Å². The molecule has 0 aromatic heterocycles. The van der Waals surface area contributed by atoms with Crippen LogP contribution in [0.2, 0.25) is 0 Å². The SMILES string of the molecule is C=CC(=O)Oc1cc(-c2c(OC(=O)C(=C)C)cc(OC(=O)C(=C)C)cc2OC(=O)C(=C)C)ccc1-c1ccc(OC)cc1. The summed E-state index contributed by atoms with van der Waals surface area (Å²) in [5, 5.41) is 0. The highest BCUT2D eigenvalue weighted by Crippen LogP contribution is 2.45. The molecule has 43 heavy (non-hydrogen) atoms. The molecule has 0 heterocycles. The fourth-order valence-corrected chi connectivity index (χ4v) is 3.56. The van der Waals surface area contributed by atoms with E-state index in [0.29, 0.717) is 22.4 Å². The quantitative estimate of drug-likeness (QED) is 0.141. The fourth-order valence-electron chi connectivity index (χ4n) is 3.56. The van der Waals surface area contributed by atoms with Crippen molar-refractivity contribution in [2.45, 2.75) is 20.8 Å². The molecule has 0 aliphatic heterocycles. The maximum atomic E-state index is 12.7. The van der Waals surface area contributed by atoms with Crippen LogP contribution < -0.4 is 23.7 Å². The third-order valence-corrected chi connectivity index (χ3v) is 5.75. The molecule has 0 saturated carbocycles. The maximum absolute atomic E-state index is 12.7. The highest BCUT2D eigenvalue weighted by Gasteiger charge is 2.24. The third-order valence-electron chi connectivity index (χ3n) is 5.75. The number of rotatable bonds is 11. The van der Waals surface area contributed by atoms with Crippen LogP contribution in [0.3, 0.4) is 0 Å². The van der Waals surface area contributed by atoms with Crippen LogP contribution in [0.5, 0.6) is 28.7 Å². The van der Waals surface area contributed by atoms with Crippen LogP contribution in [0.1, 0.15) is 20.8 Å². The van der Waals surface area contributed by atoms with Gasteiger partial charge in [0.2, 0.25) is 0 Å². The van der Waals surface area contributed by atoms with Gasteiger partial charge in [-0.2, -0.15) is 0 Å². The Kier molecular flexibility index (Phi) is 10.2. The Bertz CT molecular complexity index is 1610. The van der Waals surface area contributed by atoms with E-state index >= 15 is 0 Å². The summed E-state index contributed by atoms with van der Waals surface area (Å²) in [7, 11) is 1.54. The van der Waals surface area contributed by atoms with E-state index in [1.165, 1.54) is 39.0 Å². The summed E-state index contributed by atoms with van der Waals surface area (Å²) >= 11 is 0. The number of carbonyl (C=O) groups is 4. The number of methoxy groups -OCH3 is 1. The summed E-state index contributed by atoms with van der Waals surface area (Å²) in [4.78, 5) is 50.0. The molecule has 0 aliphatic carbocycles. The molecule has 220 valence electrons. The number of carbonyl (C=O) groups excluding carboxylic acids is 4. The van der Waals surface area contributed by atoms with Gasteiger partial charge in [0, 0.05) is 40.5 Å². The highest BCUT2D eigenvalue weighted by molar-refractivity contribution is 5.95. The molecule has 0 atom stereocenters. The highest BCUT2D eigenvalue weighted by atomic mass is 16.6. The molecule has 0 N–H and O–H groups in total. The molecule has 3 rings (SSSR count). The van der Waals surface area contributed by atoms with Gasteiger partial charge in [-0.15, -0.1) is 0 Å². The van der Waals surface area contributed by atoms with Gasteiger partial charge in [-0.1, -0.05) is 50.6 Å². The third kappa shape index (κ3) is 7.95. The number of benzene rings is 3. The van der Waals surface area contributed by atoms with Crippen LogP contribution >= 0.6 is 0 Å². The first-order valence-electron chi connectivity index (χ1n) is 12.8. The molecule has 0 bridgehead atoms. The van der Waals surface area contributed by atoms with Crippen molar-refractivity contribution < 1.29 is 42.9 Å². The normalized spacial score (nSPS) is 10.1. The average molecular weight is 583 g/mol. The molecule has 0 unspecified atom stereocenters. The molecule has 0 aliphatic rings. The van der Waals surface area contributed by atoms with Gasteiger partial charge in [0.25, 0.3) is 0 Å². The number of hydrogen-bond donors (Lipinski definition) is 0. The number of ether oxygens (including phenoxy) is 5. The summed E-state index contributed by atoms with van der Waals surface area (Å²) in [5.74, 6) is -2.69. The standard InChI is InChI=1S/C34H30O9/c1-9-30(35)41-27-16-23(12-15-26(27)22-10-13-24(39-8)14-11-22)31-28(42-33(37)20(4)5)17-25(40-32(36)19(2)3)18-29(31)43-34(38)21(6)7/h9-18H,1-2,4,6H2,3,5,7-8H3. The van der Waals surface area contributed by atoms with E-state index in [1.54, 1.807) is 43.5 Å². The Morgan fingerprint density at radius 3 is 1.56 bits per heavy atom. The first-order chi connectivity index (χ1) is 20.3. The van der Waals surface area contributed by atoms with E-state index in [2.05, 4.69) is 26.3 Å². The maximum Gasteiger partial charge on any atom is 0.338 e. The Morgan fingerprint density at radius 2 is 1.09 bits per heavy atom. The van der Waals surface area contributed by atoms with Crippen molar-refractivity contribution in [1.82, 2.24) is 0 Å². The van der Waals surface area contributed by atoms with Crippen molar-refractivity contribution in [2.24, 2.45) is 0 Å². The minimum absolute atomic E-state index is 0.0752. The first kappa shape index (κ1) is 31.8. The van der Waals surface area contributed by atoms with Gasteiger partial charge in [-0.3, -0.25) is 0 Å². The van der Waals surface area contributed by atoms with E-state index < -0.39 is 23.9 Å². The van der Waals surface area contributed by atoms with Crippen molar-refractivity contribution in [3.8, 4) is 51.0 Å². The van der Waals surface area contributed by atoms with Gasteiger partial charge in [0.15, 0.2) is 0 Å². The second kappa shape index (κ2) is 13.8. The van der Waals surface area contributed by atoms with Crippen LogP contribution in [0.15, 0.2) is 104 Å². The lowest BCUT2D eigenvalue weighted by Crippen LogP contribution is -2.14. The largest absolute Gasteiger partial charge is 0.497 e. The molecule has 0 amide bonds. The van der Waals surface area contributed by atoms with Gasteiger partial charge >= 0.3 is 23.9 Å². The molecule has 0 spiro atoms. The Balaban J connectivity index is 2.33. The molecule has 3 aromatic rings. The van der Waals surface area contributed by atoms with Crippen LogP contribution in [-0.4, -0.2) is 31.0 Å². The second-order valence-electron chi connectivity index (χ2n) is 9.37. The van der Waals surface area contributed by atoms with Crippen LogP contribution in [0, 0.1) is 0 Å². The van der Waals surface area contributed by atoms with Crippen molar-refractivity contribution >= 4 is 23.9 Å². The van der Waals surface area contributed by atoms with Gasteiger partial charge in [0.1, 0.15) is 28.7 Å². The smallest absolute Gasteiger partial charge is 0.338 e. The predicted molar refractivity (Wildman–Crippen MR) is 161 cm³/mol. The van der Waals surface area contributed by atoms with E-state index in [4.69, 9.17) is 23.7 Å². The Morgan fingerprint density at radius 1 is 0.605 bits per heavy atom. The monoisotopic (exact) mass is 582 g/mol. The minimum Gasteiger partial charge on any atom is -0.497 e. The zero-order valence-corrected chi connectivity index (χ0v) is 24.3. The fraction of sp³-hybridized carbons (Fsp3) is 0.118. The summed E-state index contributed by atoms with van der Waals surface area (Å²) in [5.41, 5.74) is 1.91. The van der Waals surface area contributed by atoms with E-state index in [9.17, 15) is 19.2 Å². The van der Waals surface area contributed by atoms with Crippen LogP contribution in [0.4, 0.5) is 0 Å². The molecule has 3 aromatic carbocycles.